The highest BCUT2D eigenvalue weighted by Gasteiger charge is 2.06. The number of aryl methyl sites for hydroxylation is 1. The molecule has 1 aromatic heterocycles. The van der Waals surface area contributed by atoms with E-state index in [-0.39, 0.29) is 5.91 Å². The molecule has 0 saturated carbocycles. The highest BCUT2D eigenvalue weighted by atomic mass is 16.1. The van der Waals surface area contributed by atoms with E-state index >= 15 is 0 Å². The summed E-state index contributed by atoms with van der Waals surface area (Å²) in [5.41, 5.74) is 1.93. The van der Waals surface area contributed by atoms with Gasteiger partial charge in [-0.1, -0.05) is 31.5 Å². The molecule has 0 fully saturated rings. The molecule has 1 heterocycles. The fourth-order valence-corrected chi connectivity index (χ4v) is 1.83. The maximum Gasteiger partial charge on any atom is 0.256 e. The number of rotatable bonds is 5. The van der Waals surface area contributed by atoms with Gasteiger partial charge in [-0.05, 0) is 42.7 Å². The van der Waals surface area contributed by atoms with E-state index in [9.17, 15) is 4.79 Å². The van der Waals surface area contributed by atoms with E-state index in [0.29, 0.717) is 11.4 Å². The highest BCUT2D eigenvalue weighted by Crippen LogP contribution is 2.10. The first-order valence-corrected chi connectivity index (χ1v) is 6.61. The van der Waals surface area contributed by atoms with Crippen LogP contribution in [0.15, 0.2) is 48.7 Å². The number of nitrogens with one attached hydrogen (secondary N) is 1. The van der Waals surface area contributed by atoms with Crippen molar-refractivity contribution in [1.29, 1.82) is 0 Å². The van der Waals surface area contributed by atoms with Crippen LogP contribution in [0.4, 0.5) is 5.82 Å². The minimum absolute atomic E-state index is 0.124. The summed E-state index contributed by atoms with van der Waals surface area (Å²) in [4.78, 5) is 16.1. The molecule has 1 aromatic carbocycles. The van der Waals surface area contributed by atoms with Crippen LogP contribution in [0.3, 0.4) is 0 Å². The van der Waals surface area contributed by atoms with Gasteiger partial charge in [0.1, 0.15) is 5.82 Å². The average molecular weight is 254 g/mol. The van der Waals surface area contributed by atoms with Gasteiger partial charge in [0.2, 0.25) is 0 Å². The summed E-state index contributed by atoms with van der Waals surface area (Å²) in [6, 6.07) is 13.2. The fourth-order valence-electron chi connectivity index (χ4n) is 1.83. The van der Waals surface area contributed by atoms with Gasteiger partial charge in [0.05, 0.1) is 0 Å². The topological polar surface area (TPSA) is 42.0 Å². The van der Waals surface area contributed by atoms with E-state index < -0.39 is 0 Å². The summed E-state index contributed by atoms with van der Waals surface area (Å²) in [6.07, 6.45) is 5.09. The molecule has 98 valence electrons. The fraction of sp³-hybridized carbons (Fsp3) is 0.250. The number of benzene rings is 1. The molecule has 0 aliphatic carbocycles. The number of nitrogens with zero attached hydrogens (tertiary/aromatic N) is 1. The van der Waals surface area contributed by atoms with Gasteiger partial charge in [0, 0.05) is 11.8 Å². The quantitative estimate of drug-likeness (QED) is 0.884. The molecular weight excluding hydrogens is 236 g/mol. The van der Waals surface area contributed by atoms with Crippen molar-refractivity contribution in [2.45, 2.75) is 26.2 Å². The molecular formula is C16H18N2O. The van der Waals surface area contributed by atoms with Crippen LogP contribution in [-0.2, 0) is 6.42 Å². The molecule has 0 aliphatic heterocycles. The first-order chi connectivity index (χ1) is 9.29. The molecule has 2 rings (SSSR count). The normalized spacial score (nSPS) is 10.2. The summed E-state index contributed by atoms with van der Waals surface area (Å²) < 4.78 is 0. The predicted molar refractivity (Wildman–Crippen MR) is 77.2 cm³/mol. The predicted octanol–water partition coefficient (Wildman–Crippen LogP) is 3.68. The Morgan fingerprint density at radius 2 is 1.95 bits per heavy atom. The van der Waals surface area contributed by atoms with E-state index in [1.807, 2.05) is 36.4 Å². The monoisotopic (exact) mass is 254 g/mol. The number of pyridine rings is 1. The molecule has 0 spiro atoms. The van der Waals surface area contributed by atoms with Gasteiger partial charge >= 0.3 is 0 Å². The summed E-state index contributed by atoms with van der Waals surface area (Å²) in [7, 11) is 0. The van der Waals surface area contributed by atoms with E-state index in [0.717, 1.165) is 6.42 Å². The van der Waals surface area contributed by atoms with Crippen LogP contribution in [0.2, 0.25) is 0 Å². The number of anilines is 1. The van der Waals surface area contributed by atoms with Crippen molar-refractivity contribution < 1.29 is 4.79 Å². The van der Waals surface area contributed by atoms with Gasteiger partial charge < -0.3 is 5.32 Å². The molecule has 0 atom stereocenters. The van der Waals surface area contributed by atoms with Crippen LogP contribution in [0.5, 0.6) is 0 Å². The van der Waals surface area contributed by atoms with Crippen LogP contribution >= 0.6 is 0 Å². The number of carbonyl (C=O) groups excluding carboxylic acids is 1. The Labute approximate surface area is 113 Å². The maximum absolute atomic E-state index is 12.0. The first-order valence-electron chi connectivity index (χ1n) is 6.61. The van der Waals surface area contributed by atoms with Crippen molar-refractivity contribution >= 4 is 11.7 Å². The minimum atomic E-state index is -0.124. The molecule has 3 heteroatoms. The second-order valence-electron chi connectivity index (χ2n) is 4.47. The van der Waals surface area contributed by atoms with Crippen molar-refractivity contribution in [2.75, 3.05) is 5.32 Å². The largest absolute Gasteiger partial charge is 0.307 e. The first kappa shape index (κ1) is 13.3. The SMILES string of the molecule is CCCCc1ccc(C(=O)Nc2ccccn2)cc1. The third-order valence-electron chi connectivity index (χ3n) is 2.94. The van der Waals surface area contributed by atoms with Crippen molar-refractivity contribution in [3.05, 3.63) is 59.8 Å². The van der Waals surface area contributed by atoms with Crippen LogP contribution in [0.1, 0.15) is 35.7 Å². The number of hydrogen-bond acceptors (Lipinski definition) is 2. The molecule has 3 nitrogen and oxygen atoms in total. The third-order valence-corrected chi connectivity index (χ3v) is 2.94. The van der Waals surface area contributed by atoms with E-state index in [4.69, 9.17) is 0 Å². The van der Waals surface area contributed by atoms with Gasteiger partial charge in [-0.25, -0.2) is 4.98 Å². The molecule has 1 N–H and O–H groups in total. The molecule has 2 aromatic rings. The van der Waals surface area contributed by atoms with Gasteiger partial charge in [0.25, 0.3) is 5.91 Å². The number of amides is 1. The zero-order valence-corrected chi connectivity index (χ0v) is 11.1. The van der Waals surface area contributed by atoms with Gasteiger partial charge in [-0.3, -0.25) is 4.79 Å². The number of unbranched alkanes of at least 4 members (excludes halogenated alkanes) is 1. The lowest BCUT2D eigenvalue weighted by Gasteiger charge is -2.05. The molecule has 0 unspecified atom stereocenters. The molecule has 0 aliphatic rings. The van der Waals surface area contributed by atoms with E-state index in [1.165, 1.54) is 18.4 Å². The van der Waals surface area contributed by atoms with E-state index in [1.54, 1.807) is 12.3 Å². The Kier molecular flexibility index (Phi) is 4.67. The van der Waals surface area contributed by atoms with Crippen molar-refractivity contribution in [3.63, 3.8) is 0 Å². The standard InChI is InChI=1S/C16H18N2O/c1-2-3-6-13-8-10-14(11-9-13)16(19)18-15-7-4-5-12-17-15/h4-5,7-12H,2-3,6H2,1H3,(H,17,18,19). The van der Waals surface area contributed by atoms with Gasteiger partial charge in [0.15, 0.2) is 0 Å². The summed E-state index contributed by atoms with van der Waals surface area (Å²) in [6.45, 7) is 2.18. The zero-order chi connectivity index (χ0) is 13.5. The molecule has 0 radical (unpaired) electrons. The maximum atomic E-state index is 12.0. The average Bonchev–Trinajstić information content (AvgIpc) is 2.46. The van der Waals surface area contributed by atoms with Gasteiger partial charge in [-0.15, -0.1) is 0 Å². The highest BCUT2D eigenvalue weighted by molar-refractivity contribution is 6.03. The Bertz CT molecular complexity index is 520. The van der Waals surface area contributed by atoms with Crippen molar-refractivity contribution in [1.82, 2.24) is 4.98 Å². The molecule has 0 saturated heterocycles. The smallest absolute Gasteiger partial charge is 0.256 e. The molecule has 0 bridgehead atoms. The van der Waals surface area contributed by atoms with Crippen LogP contribution in [0.25, 0.3) is 0 Å². The lowest BCUT2D eigenvalue weighted by molar-refractivity contribution is 0.102. The molecule has 19 heavy (non-hydrogen) atoms. The van der Waals surface area contributed by atoms with Crippen molar-refractivity contribution in [3.8, 4) is 0 Å². The lowest BCUT2D eigenvalue weighted by atomic mass is 10.1. The molecule has 1 amide bonds. The Balaban J connectivity index is 1.99. The number of hydrogen-bond donors (Lipinski definition) is 1. The second kappa shape index (κ2) is 6.69. The summed E-state index contributed by atoms with van der Waals surface area (Å²) in [5, 5.41) is 2.77. The third kappa shape index (κ3) is 3.91. The van der Waals surface area contributed by atoms with Crippen LogP contribution in [-0.4, -0.2) is 10.9 Å². The van der Waals surface area contributed by atoms with Crippen molar-refractivity contribution in [2.24, 2.45) is 0 Å². The summed E-state index contributed by atoms with van der Waals surface area (Å²) >= 11 is 0. The Hall–Kier alpha value is -2.16. The van der Waals surface area contributed by atoms with Gasteiger partial charge in [-0.2, -0.15) is 0 Å². The zero-order valence-electron chi connectivity index (χ0n) is 11.1. The second-order valence-corrected chi connectivity index (χ2v) is 4.47. The number of carbonyl (C=O) groups is 1. The Morgan fingerprint density at radius 3 is 2.58 bits per heavy atom. The van der Waals surface area contributed by atoms with Crippen LogP contribution < -0.4 is 5.32 Å². The summed E-state index contributed by atoms with van der Waals surface area (Å²) in [5.74, 6) is 0.448. The lowest BCUT2D eigenvalue weighted by Crippen LogP contribution is -2.12. The van der Waals surface area contributed by atoms with Crippen LogP contribution in [0, 0.1) is 0 Å². The van der Waals surface area contributed by atoms with E-state index in [2.05, 4.69) is 17.2 Å². The Morgan fingerprint density at radius 1 is 1.16 bits per heavy atom. The minimum Gasteiger partial charge on any atom is -0.307 e. The number of aromatic nitrogens is 1.